The third-order valence-corrected chi connectivity index (χ3v) is 5.25. The Bertz CT molecular complexity index is 924. The number of nitrogens with zero attached hydrogens (tertiary/aromatic N) is 2. The second kappa shape index (κ2) is 9.19. The van der Waals surface area contributed by atoms with Crippen molar-refractivity contribution in [2.45, 2.75) is 32.4 Å². The number of carbonyl (C=O) groups is 1. The summed E-state index contributed by atoms with van der Waals surface area (Å²) in [4.78, 5) is 19.1. The third-order valence-electron chi connectivity index (χ3n) is 5.25. The molecule has 4 rings (SSSR count). The topological polar surface area (TPSA) is 103 Å². The Labute approximate surface area is 178 Å². The molecule has 2 heterocycles. The summed E-state index contributed by atoms with van der Waals surface area (Å²) in [7, 11) is 0. The second-order valence-corrected chi connectivity index (χ2v) is 7.86. The van der Waals surface area contributed by atoms with Gasteiger partial charge in [0.05, 0.1) is 12.6 Å². The van der Waals surface area contributed by atoms with E-state index in [0.717, 1.165) is 12.8 Å². The summed E-state index contributed by atoms with van der Waals surface area (Å²) < 4.78 is 41.7. The molecule has 0 spiro atoms. The monoisotopic (exact) mass is 436 g/mol. The predicted molar refractivity (Wildman–Crippen MR) is 108 cm³/mol. The van der Waals surface area contributed by atoms with Crippen LogP contribution in [0, 0.1) is 5.92 Å². The largest absolute Gasteiger partial charge is 0.489 e. The molecule has 0 radical (unpaired) electrons. The highest BCUT2D eigenvalue weighted by Crippen LogP contribution is 2.37. The van der Waals surface area contributed by atoms with Crippen molar-refractivity contribution in [1.29, 1.82) is 0 Å². The van der Waals surface area contributed by atoms with Gasteiger partial charge < -0.3 is 29.8 Å². The van der Waals surface area contributed by atoms with Crippen LogP contribution in [-0.2, 0) is 0 Å². The van der Waals surface area contributed by atoms with E-state index in [1.807, 2.05) is 0 Å². The lowest BCUT2D eigenvalue weighted by atomic mass is 10.2. The zero-order valence-electron chi connectivity index (χ0n) is 17.3. The van der Waals surface area contributed by atoms with Gasteiger partial charge in [0.2, 0.25) is 5.89 Å². The van der Waals surface area contributed by atoms with E-state index in [9.17, 15) is 13.6 Å². The van der Waals surface area contributed by atoms with Gasteiger partial charge in [0.25, 0.3) is 5.91 Å². The van der Waals surface area contributed by atoms with Gasteiger partial charge in [-0.1, -0.05) is 0 Å². The molecule has 2 aliphatic rings. The standard InChI is InChI=1S/C21H26F2N4O4/c1-12(24)18-17(20(28)27-8-6-25-7-9-27)26-19(31-18)14-4-5-15(30-21(22)23)16(10-14)29-11-13-2-3-13/h4-5,10,12-13,21,25H,2-3,6-9,11,24H2,1H3/t12-/m0/s1. The van der Waals surface area contributed by atoms with Gasteiger partial charge in [-0.15, -0.1) is 0 Å². The van der Waals surface area contributed by atoms with E-state index < -0.39 is 12.7 Å². The van der Waals surface area contributed by atoms with Crippen molar-refractivity contribution in [1.82, 2.24) is 15.2 Å². The van der Waals surface area contributed by atoms with Crippen LogP contribution in [0.3, 0.4) is 0 Å². The number of aromatic nitrogens is 1. The van der Waals surface area contributed by atoms with E-state index in [0.29, 0.717) is 44.3 Å². The molecule has 1 atom stereocenters. The number of carbonyl (C=O) groups excluding carboxylic acids is 1. The molecule has 3 N–H and O–H groups in total. The summed E-state index contributed by atoms with van der Waals surface area (Å²) in [6.45, 7) is 1.71. The van der Waals surface area contributed by atoms with E-state index >= 15 is 0 Å². The van der Waals surface area contributed by atoms with Crippen LogP contribution in [0.2, 0.25) is 0 Å². The van der Waals surface area contributed by atoms with E-state index in [4.69, 9.17) is 14.9 Å². The van der Waals surface area contributed by atoms with E-state index in [1.54, 1.807) is 11.8 Å². The van der Waals surface area contributed by atoms with Gasteiger partial charge in [-0.25, -0.2) is 4.98 Å². The minimum atomic E-state index is -2.97. The second-order valence-electron chi connectivity index (χ2n) is 7.86. The quantitative estimate of drug-likeness (QED) is 0.656. The summed E-state index contributed by atoms with van der Waals surface area (Å²) in [6.07, 6.45) is 2.11. The fourth-order valence-electron chi connectivity index (χ4n) is 3.37. The molecule has 1 saturated heterocycles. The lowest BCUT2D eigenvalue weighted by molar-refractivity contribution is -0.0515. The minimum absolute atomic E-state index is 0.0597. The van der Waals surface area contributed by atoms with Crippen molar-refractivity contribution >= 4 is 5.91 Å². The van der Waals surface area contributed by atoms with Gasteiger partial charge in [-0.05, 0) is 43.9 Å². The minimum Gasteiger partial charge on any atom is -0.489 e. The van der Waals surface area contributed by atoms with E-state index in [1.165, 1.54) is 18.2 Å². The summed E-state index contributed by atoms with van der Waals surface area (Å²) in [5, 5.41) is 3.20. The van der Waals surface area contributed by atoms with Crippen molar-refractivity contribution in [2.75, 3.05) is 32.8 Å². The van der Waals surface area contributed by atoms with Gasteiger partial charge in [0.1, 0.15) is 0 Å². The lowest BCUT2D eigenvalue weighted by Gasteiger charge is -2.26. The first-order valence-corrected chi connectivity index (χ1v) is 10.4. The number of oxazole rings is 1. The summed E-state index contributed by atoms with van der Waals surface area (Å²) in [6, 6.07) is 3.92. The van der Waals surface area contributed by atoms with Crippen LogP contribution < -0.4 is 20.5 Å². The number of benzene rings is 1. The van der Waals surface area contributed by atoms with Gasteiger partial charge in [-0.2, -0.15) is 8.78 Å². The van der Waals surface area contributed by atoms with Crippen molar-refractivity contribution in [3.05, 3.63) is 29.7 Å². The average Bonchev–Trinajstić information content (AvgIpc) is 3.48. The van der Waals surface area contributed by atoms with E-state index in [-0.39, 0.29) is 34.8 Å². The van der Waals surface area contributed by atoms with Crippen molar-refractivity contribution in [2.24, 2.45) is 11.7 Å². The van der Waals surface area contributed by atoms with Crippen LogP contribution in [0.25, 0.3) is 11.5 Å². The third kappa shape index (κ3) is 5.13. The maximum atomic E-state index is 13.0. The van der Waals surface area contributed by atoms with Crippen molar-refractivity contribution in [3.8, 4) is 23.0 Å². The Morgan fingerprint density at radius 3 is 2.71 bits per heavy atom. The molecule has 0 unspecified atom stereocenters. The molecule has 1 aliphatic heterocycles. The molecule has 1 amide bonds. The Balaban J connectivity index is 1.64. The molecule has 2 aromatic rings. The molecule has 8 nitrogen and oxygen atoms in total. The van der Waals surface area contributed by atoms with E-state index in [2.05, 4.69) is 15.0 Å². The number of piperazine rings is 1. The summed E-state index contributed by atoms with van der Waals surface area (Å²) in [5.74, 6) is 0.762. The number of amides is 1. The highest BCUT2D eigenvalue weighted by molar-refractivity contribution is 5.94. The van der Waals surface area contributed by atoms with Crippen LogP contribution in [0.5, 0.6) is 11.5 Å². The summed E-state index contributed by atoms with van der Waals surface area (Å²) in [5.41, 5.74) is 6.67. The zero-order chi connectivity index (χ0) is 22.0. The number of halogens is 2. The van der Waals surface area contributed by atoms with Gasteiger partial charge in [0.15, 0.2) is 23.0 Å². The molecule has 31 heavy (non-hydrogen) atoms. The van der Waals surface area contributed by atoms with Crippen LogP contribution in [0.4, 0.5) is 8.78 Å². The maximum Gasteiger partial charge on any atom is 0.387 e. The Morgan fingerprint density at radius 1 is 1.32 bits per heavy atom. The van der Waals surface area contributed by atoms with Gasteiger partial charge in [-0.3, -0.25) is 4.79 Å². The lowest BCUT2D eigenvalue weighted by Crippen LogP contribution is -2.46. The number of alkyl halides is 2. The molecule has 1 aromatic heterocycles. The Kier molecular flexibility index (Phi) is 6.38. The highest BCUT2D eigenvalue weighted by Gasteiger charge is 2.29. The molecular weight excluding hydrogens is 410 g/mol. The number of hydrogen-bond acceptors (Lipinski definition) is 7. The number of ether oxygens (including phenoxy) is 2. The first kappa shape index (κ1) is 21.5. The fraction of sp³-hybridized carbons (Fsp3) is 0.524. The molecular formula is C21H26F2N4O4. The van der Waals surface area contributed by atoms with Crippen LogP contribution in [0.1, 0.15) is 42.1 Å². The van der Waals surface area contributed by atoms with Crippen LogP contribution in [-0.4, -0.2) is 55.2 Å². The number of nitrogens with two attached hydrogens (primary N) is 1. The molecule has 1 aromatic carbocycles. The number of hydrogen-bond donors (Lipinski definition) is 2. The molecule has 1 saturated carbocycles. The zero-order valence-corrected chi connectivity index (χ0v) is 17.3. The molecule has 10 heteroatoms. The Hall–Kier alpha value is -2.72. The SMILES string of the molecule is C[C@H](N)c1oc(-c2ccc(OC(F)F)c(OCC3CC3)c2)nc1C(=O)N1CCNCC1. The smallest absolute Gasteiger partial charge is 0.387 e. The number of rotatable bonds is 8. The Morgan fingerprint density at radius 2 is 2.06 bits per heavy atom. The highest BCUT2D eigenvalue weighted by atomic mass is 19.3. The molecule has 168 valence electrons. The average molecular weight is 436 g/mol. The van der Waals surface area contributed by atoms with Gasteiger partial charge in [0, 0.05) is 31.7 Å². The molecule has 0 bridgehead atoms. The van der Waals surface area contributed by atoms with Crippen LogP contribution >= 0.6 is 0 Å². The van der Waals surface area contributed by atoms with Crippen LogP contribution in [0.15, 0.2) is 22.6 Å². The first-order valence-electron chi connectivity index (χ1n) is 10.4. The molecule has 1 aliphatic carbocycles. The predicted octanol–water partition coefficient (Wildman–Crippen LogP) is 2.80. The van der Waals surface area contributed by atoms with Crippen molar-refractivity contribution in [3.63, 3.8) is 0 Å². The molecule has 2 fully saturated rings. The normalized spacial score (nSPS) is 17.6. The number of nitrogens with one attached hydrogen (secondary N) is 1. The summed E-state index contributed by atoms with van der Waals surface area (Å²) >= 11 is 0. The fourth-order valence-corrected chi connectivity index (χ4v) is 3.37. The first-order chi connectivity index (χ1) is 14.9. The van der Waals surface area contributed by atoms with Gasteiger partial charge >= 0.3 is 6.61 Å². The van der Waals surface area contributed by atoms with Crippen molar-refractivity contribution < 1.29 is 27.5 Å². The maximum absolute atomic E-state index is 13.0.